The zero-order chi connectivity index (χ0) is 16.1. The Bertz CT molecular complexity index is 679. The van der Waals surface area contributed by atoms with Crippen molar-refractivity contribution in [1.29, 1.82) is 0 Å². The van der Waals surface area contributed by atoms with Crippen molar-refractivity contribution in [2.45, 2.75) is 13.0 Å². The Morgan fingerprint density at radius 3 is 2.73 bits per heavy atom. The van der Waals surface area contributed by atoms with Crippen molar-refractivity contribution in [3.8, 4) is 0 Å². The van der Waals surface area contributed by atoms with Gasteiger partial charge in [0.1, 0.15) is 11.9 Å². The van der Waals surface area contributed by atoms with Crippen molar-refractivity contribution < 1.29 is 14.5 Å². The Balaban J connectivity index is 1.90. The molecule has 0 heterocycles. The average molecular weight is 342 g/mol. The van der Waals surface area contributed by atoms with Gasteiger partial charge in [-0.3, -0.25) is 4.79 Å². The zero-order valence-corrected chi connectivity index (χ0v) is 13.5. The molecular weight excluding hydrogens is 326 g/mol. The van der Waals surface area contributed by atoms with Crippen LogP contribution in [0.5, 0.6) is 0 Å². The largest absolute Gasteiger partial charge is 0.333 e. The second kappa shape index (κ2) is 7.58. The van der Waals surface area contributed by atoms with E-state index in [1.165, 1.54) is 12.1 Å². The van der Waals surface area contributed by atoms with Gasteiger partial charge in [-0.2, -0.15) is 0 Å². The van der Waals surface area contributed by atoms with Crippen LogP contribution in [0.1, 0.15) is 18.5 Å². The van der Waals surface area contributed by atoms with Gasteiger partial charge in [0.2, 0.25) is 0 Å². The first kappa shape index (κ1) is 16.7. The van der Waals surface area contributed by atoms with E-state index < -0.39 is 5.82 Å². The Hall–Kier alpha value is -1.62. The van der Waals surface area contributed by atoms with Crippen molar-refractivity contribution in [1.82, 2.24) is 0 Å². The first-order valence-electron chi connectivity index (χ1n) is 6.79. The molecule has 0 spiro atoms. The summed E-state index contributed by atoms with van der Waals surface area (Å²) in [5.41, 5.74) is 1.44. The number of rotatable bonds is 5. The van der Waals surface area contributed by atoms with Gasteiger partial charge in [-0.15, -0.1) is 0 Å². The topological polar surface area (TPSA) is 45.7 Å². The van der Waals surface area contributed by atoms with Crippen LogP contribution in [-0.2, 0) is 4.79 Å². The highest BCUT2D eigenvalue weighted by atomic mass is 35.5. The van der Waals surface area contributed by atoms with E-state index in [0.717, 1.165) is 11.6 Å². The third-order valence-electron chi connectivity index (χ3n) is 3.24. The second-order valence-corrected chi connectivity index (χ2v) is 5.80. The van der Waals surface area contributed by atoms with Crippen molar-refractivity contribution >= 4 is 34.8 Å². The molecule has 0 radical (unpaired) electrons. The van der Waals surface area contributed by atoms with Gasteiger partial charge in [0.05, 0.1) is 10.7 Å². The summed E-state index contributed by atoms with van der Waals surface area (Å²) in [4.78, 5) is 11.9. The maximum absolute atomic E-state index is 12.9. The van der Waals surface area contributed by atoms with Gasteiger partial charge in [-0.25, -0.2) is 4.39 Å². The number of hydrogen-bond acceptors (Lipinski definition) is 1. The van der Waals surface area contributed by atoms with E-state index >= 15 is 0 Å². The van der Waals surface area contributed by atoms with Gasteiger partial charge in [-0.05, 0) is 37.3 Å². The summed E-state index contributed by atoms with van der Waals surface area (Å²) in [5.74, 6) is -0.647. The Kier molecular flexibility index (Phi) is 5.77. The van der Waals surface area contributed by atoms with Crippen LogP contribution in [0.3, 0.4) is 0 Å². The van der Waals surface area contributed by atoms with Crippen molar-refractivity contribution in [2.75, 3.05) is 11.9 Å². The van der Waals surface area contributed by atoms with Crippen LogP contribution in [0.2, 0.25) is 10.0 Å². The summed E-state index contributed by atoms with van der Waals surface area (Å²) < 4.78 is 12.9. The van der Waals surface area contributed by atoms with E-state index in [1.54, 1.807) is 6.07 Å². The first-order valence-corrected chi connectivity index (χ1v) is 7.55. The average Bonchev–Trinajstić information content (AvgIpc) is 2.47. The summed E-state index contributed by atoms with van der Waals surface area (Å²) >= 11 is 11.8. The second-order valence-electron chi connectivity index (χ2n) is 4.96. The lowest BCUT2D eigenvalue weighted by Gasteiger charge is -2.12. The highest BCUT2D eigenvalue weighted by Gasteiger charge is 2.13. The number of nitrogens with two attached hydrogens (primary N) is 1. The highest BCUT2D eigenvalue weighted by Crippen LogP contribution is 2.22. The molecule has 0 aliphatic carbocycles. The number of halogens is 3. The van der Waals surface area contributed by atoms with E-state index in [9.17, 15) is 9.18 Å². The molecule has 3 N–H and O–H groups in total. The molecule has 2 rings (SSSR count). The molecule has 1 amide bonds. The smallest absolute Gasteiger partial charge is 0.279 e. The van der Waals surface area contributed by atoms with Crippen LogP contribution < -0.4 is 10.6 Å². The van der Waals surface area contributed by atoms with Crippen LogP contribution in [0.4, 0.5) is 10.1 Å². The predicted molar refractivity (Wildman–Crippen MR) is 86.7 cm³/mol. The Labute approximate surface area is 138 Å². The normalized spacial score (nSPS) is 12.0. The molecule has 2 aromatic rings. The lowest BCUT2D eigenvalue weighted by molar-refractivity contribution is -0.682. The molecule has 0 saturated heterocycles. The predicted octanol–water partition coefficient (Wildman–Crippen LogP) is 3.40. The minimum Gasteiger partial charge on any atom is -0.333 e. The lowest BCUT2D eigenvalue weighted by Crippen LogP contribution is -2.86. The quantitative estimate of drug-likeness (QED) is 0.860. The van der Waals surface area contributed by atoms with E-state index in [0.29, 0.717) is 10.7 Å². The maximum atomic E-state index is 12.9. The molecule has 0 bridgehead atoms. The molecule has 6 heteroatoms. The fourth-order valence-electron chi connectivity index (χ4n) is 2.00. The van der Waals surface area contributed by atoms with Crippen molar-refractivity contribution in [3.05, 3.63) is 63.9 Å². The fourth-order valence-corrected chi connectivity index (χ4v) is 2.42. The molecule has 0 aliphatic heterocycles. The summed E-state index contributed by atoms with van der Waals surface area (Å²) in [7, 11) is 0. The van der Waals surface area contributed by atoms with Gasteiger partial charge in [0.15, 0.2) is 6.54 Å². The highest BCUT2D eigenvalue weighted by molar-refractivity contribution is 6.33. The van der Waals surface area contributed by atoms with Gasteiger partial charge in [0, 0.05) is 10.6 Å². The van der Waals surface area contributed by atoms with E-state index in [-0.39, 0.29) is 23.5 Å². The van der Waals surface area contributed by atoms with Crippen LogP contribution in [0.15, 0.2) is 42.5 Å². The summed E-state index contributed by atoms with van der Waals surface area (Å²) in [6, 6.07) is 11.5. The lowest BCUT2D eigenvalue weighted by atomic mass is 10.1. The molecule has 0 unspecified atom stereocenters. The molecule has 22 heavy (non-hydrogen) atoms. The number of anilines is 1. The number of carbonyl (C=O) groups is 1. The molecule has 3 nitrogen and oxygen atoms in total. The monoisotopic (exact) mass is 341 g/mol. The summed E-state index contributed by atoms with van der Waals surface area (Å²) in [5, 5.41) is 5.39. The van der Waals surface area contributed by atoms with Gasteiger partial charge in [-0.1, -0.05) is 35.3 Å². The minimum absolute atomic E-state index is 0.0909. The van der Waals surface area contributed by atoms with E-state index in [4.69, 9.17) is 23.2 Å². The van der Waals surface area contributed by atoms with E-state index in [1.807, 2.05) is 30.4 Å². The summed E-state index contributed by atoms with van der Waals surface area (Å²) in [6.07, 6.45) is 0. The number of quaternary nitrogens is 1. The van der Waals surface area contributed by atoms with Gasteiger partial charge >= 0.3 is 0 Å². The molecule has 1 atom stereocenters. The van der Waals surface area contributed by atoms with Crippen LogP contribution in [-0.4, -0.2) is 12.5 Å². The number of hydrogen-bond donors (Lipinski definition) is 2. The SMILES string of the molecule is C[C@@H]([NH2+]CC(=O)Nc1ccc(F)cc1Cl)c1cccc(Cl)c1. The number of benzene rings is 2. The molecule has 2 aromatic carbocycles. The Morgan fingerprint density at radius 1 is 1.27 bits per heavy atom. The fraction of sp³-hybridized carbons (Fsp3) is 0.188. The molecular formula is C16H16Cl2FN2O+. The first-order chi connectivity index (χ1) is 10.5. The molecule has 0 fully saturated rings. The molecule has 0 aliphatic rings. The standard InChI is InChI=1S/C16H15Cl2FN2O/c1-10(11-3-2-4-12(17)7-11)20-9-16(22)21-15-6-5-13(19)8-14(15)18/h2-8,10,20H,9H2,1H3,(H,21,22)/p+1/t10-/m1/s1. The number of amides is 1. The third-order valence-corrected chi connectivity index (χ3v) is 3.78. The third kappa shape index (κ3) is 4.70. The molecule has 0 saturated carbocycles. The van der Waals surface area contributed by atoms with E-state index in [2.05, 4.69) is 5.32 Å². The van der Waals surface area contributed by atoms with Crippen LogP contribution >= 0.6 is 23.2 Å². The minimum atomic E-state index is -0.441. The zero-order valence-electron chi connectivity index (χ0n) is 11.9. The van der Waals surface area contributed by atoms with Crippen LogP contribution in [0, 0.1) is 5.82 Å². The molecule has 0 aromatic heterocycles. The van der Waals surface area contributed by atoms with Crippen LogP contribution in [0.25, 0.3) is 0 Å². The van der Waals surface area contributed by atoms with Crippen molar-refractivity contribution in [2.24, 2.45) is 0 Å². The summed E-state index contributed by atoms with van der Waals surface area (Å²) in [6.45, 7) is 2.21. The number of nitrogens with one attached hydrogen (secondary N) is 1. The number of carbonyl (C=O) groups excluding carboxylic acids is 1. The molecule has 116 valence electrons. The van der Waals surface area contributed by atoms with Gasteiger partial charge < -0.3 is 10.6 Å². The van der Waals surface area contributed by atoms with Crippen molar-refractivity contribution in [3.63, 3.8) is 0 Å². The van der Waals surface area contributed by atoms with Gasteiger partial charge in [0.25, 0.3) is 5.91 Å². The Morgan fingerprint density at radius 2 is 2.05 bits per heavy atom. The maximum Gasteiger partial charge on any atom is 0.279 e.